The molecule has 0 aromatic heterocycles. The molecule has 2 aliphatic rings. The first-order valence-electron chi connectivity index (χ1n) is 12.1. The van der Waals surface area contributed by atoms with Gasteiger partial charge in [-0.05, 0) is 78.8 Å². The second-order valence-corrected chi connectivity index (χ2v) is 11.9. The van der Waals surface area contributed by atoms with Gasteiger partial charge in [-0.1, -0.05) is 36.4 Å². The van der Waals surface area contributed by atoms with Gasteiger partial charge in [-0.25, -0.2) is 12.7 Å². The minimum absolute atomic E-state index is 0.0216. The summed E-state index contributed by atoms with van der Waals surface area (Å²) in [6.07, 6.45) is 1.59. The minimum Gasteiger partial charge on any atom is -0.454 e. The van der Waals surface area contributed by atoms with E-state index in [1.807, 2.05) is 67.6 Å². The van der Waals surface area contributed by atoms with Gasteiger partial charge in [0.25, 0.3) is 0 Å². The molecule has 1 saturated carbocycles. The number of carbonyl (C=O) groups is 1. The first kappa shape index (κ1) is 24.3. The summed E-state index contributed by atoms with van der Waals surface area (Å²) in [4.78, 5) is 13.3. The van der Waals surface area contributed by atoms with Crippen LogP contribution in [0.3, 0.4) is 0 Å². The number of nitrogens with one attached hydrogen (secondary N) is 1. The van der Waals surface area contributed by atoms with Crippen LogP contribution in [0.1, 0.15) is 36.5 Å². The van der Waals surface area contributed by atoms with Crippen molar-refractivity contribution in [1.82, 2.24) is 4.31 Å². The van der Waals surface area contributed by atoms with Gasteiger partial charge in [0.05, 0.1) is 11.2 Å². The van der Waals surface area contributed by atoms with Crippen molar-refractivity contribution in [1.29, 1.82) is 0 Å². The maximum absolute atomic E-state index is 13.3. The molecule has 0 atom stereocenters. The molecule has 3 aromatic carbocycles. The molecule has 0 unspecified atom stereocenters. The Morgan fingerprint density at radius 3 is 2.42 bits per heavy atom. The second-order valence-electron chi connectivity index (χ2n) is 9.49. The zero-order valence-electron chi connectivity index (χ0n) is 20.7. The Morgan fingerprint density at radius 2 is 1.72 bits per heavy atom. The number of sulfonamides is 1. The monoisotopic (exact) mass is 506 g/mol. The van der Waals surface area contributed by atoms with Crippen molar-refractivity contribution >= 4 is 21.6 Å². The SMILES string of the molecule is CCS(=O)(=O)N(C)Cc1ccc(-c2cc(NC(=O)C3(c4ccc5c(c4)OCO5)CC3)ccc2C)cc1. The molecular formula is C28H30N2O5S. The predicted molar refractivity (Wildman–Crippen MR) is 140 cm³/mol. The van der Waals surface area contributed by atoms with E-state index in [0.29, 0.717) is 18.0 Å². The molecule has 1 aliphatic heterocycles. The Labute approximate surface area is 212 Å². The molecular weight excluding hydrogens is 476 g/mol. The molecule has 8 heteroatoms. The summed E-state index contributed by atoms with van der Waals surface area (Å²) in [5.41, 5.74) is 5.17. The number of ether oxygens (including phenoxy) is 2. The van der Waals surface area contributed by atoms with Gasteiger partial charge >= 0.3 is 0 Å². The molecule has 0 saturated heterocycles. The first-order valence-corrected chi connectivity index (χ1v) is 13.7. The van der Waals surface area contributed by atoms with E-state index in [4.69, 9.17) is 9.47 Å². The fourth-order valence-electron chi connectivity index (χ4n) is 4.59. The second kappa shape index (κ2) is 9.26. The standard InChI is InChI=1S/C28H30N2O5S/c1-4-36(32,33)30(3)17-20-6-8-21(9-7-20)24-16-23(11-5-19(24)2)29-27(31)28(13-14-28)22-10-12-25-26(15-22)35-18-34-25/h5-12,15-16H,4,13-14,17-18H2,1-3H3,(H,29,31). The average Bonchev–Trinajstić information content (AvgIpc) is 3.56. The lowest BCUT2D eigenvalue weighted by atomic mass is 9.94. The molecule has 36 heavy (non-hydrogen) atoms. The number of nitrogens with zero attached hydrogens (tertiary/aromatic N) is 1. The Balaban J connectivity index is 1.33. The van der Waals surface area contributed by atoms with E-state index in [2.05, 4.69) is 5.32 Å². The summed E-state index contributed by atoms with van der Waals surface area (Å²) in [6.45, 7) is 4.21. The lowest BCUT2D eigenvalue weighted by molar-refractivity contribution is -0.118. The van der Waals surface area contributed by atoms with Crippen LogP contribution in [-0.2, 0) is 26.8 Å². The largest absolute Gasteiger partial charge is 0.454 e. The van der Waals surface area contributed by atoms with E-state index >= 15 is 0 Å². The molecule has 5 rings (SSSR count). The van der Waals surface area contributed by atoms with Crippen LogP contribution in [0.15, 0.2) is 60.7 Å². The van der Waals surface area contributed by atoms with E-state index < -0.39 is 15.4 Å². The van der Waals surface area contributed by atoms with Gasteiger partial charge in [0.2, 0.25) is 22.7 Å². The number of carbonyl (C=O) groups excluding carboxylic acids is 1. The smallest absolute Gasteiger partial charge is 0.235 e. The third-order valence-corrected chi connectivity index (χ3v) is 8.92. The van der Waals surface area contributed by atoms with Gasteiger partial charge in [0, 0.05) is 19.3 Å². The van der Waals surface area contributed by atoms with Crippen LogP contribution < -0.4 is 14.8 Å². The molecule has 0 radical (unpaired) electrons. The molecule has 1 amide bonds. The lowest BCUT2D eigenvalue weighted by Crippen LogP contribution is -2.27. The van der Waals surface area contributed by atoms with Gasteiger partial charge in [-0.3, -0.25) is 4.79 Å². The fourth-order valence-corrected chi connectivity index (χ4v) is 5.38. The zero-order valence-corrected chi connectivity index (χ0v) is 21.5. The van der Waals surface area contributed by atoms with Crippen LogP contribution in [0.4, 0.5) is 5.69 Å². The van der Waals surface area contributed by atoms with Crippen molar-refractivity contribution in [2.45, 2.75) is 38.6 Å². The summed E-state index contributed by atoms with van der Waals surface area (Å²) in [5.74, 6) is 1.45. The molecule has 1 N–H and O–H groups in total. The molecule has 188 valence electrons. The molecule has 0 bridgehead atoms. The van der Waals surface area contributed by atoms with Crippen LogP contribution in [0.25, 0.3) is 11.1 Å². The molecule has 7 nitrogen and oxygen atoms in total. The van der Waals surface area contributed by atoms with Crippen LogP contribution in [0.5, 0.6) is 11.5 Å². The fraction of sp³-hybridized carbons (Fsp3) is 0.321. The zero-order chi connectivity index (χ0) is 25.5. The molecule has 0 spiro atoms. The molecule has 1 fully saturated rings. The Morgan fingerprint density at radius 1 is 1.00 bits per heavy atom. The highest BCUT2D eigenvalue weighted by molar-refractivity contribution is 7.89. The summed E-state index contributed by atoms with van der Waals surface area (Å²) in [7, 11) is -1.64. The van der Waals surface area contributed by atoms with E-state index in [9.17, 15) is 13.2 Å². The van der Waals surface area contributed by atoms with Crippen LogP contribution in [0.2, 0.25) is 0 Å². The topological polar surface area (TPSA) is 84.9 Å². The van der Waals surface area contributed by atoms with E-state index in [0.717, 1.165) is 46.3 Å². The number of hydrogen-bond donors (Lipinski definition) is 1. The van der Waals surface area contributed by atoms with Crippen molar-refractivity contribution < 1.29 is 22.7 Å². The predicted octanol–water partition coefficient (Wildman–Crippen LogP) is 4.84. The normalized spacial score (nSPS) is 15.7. The molecule has 1 heterocycles. The van der Waals surface area contributed by atoms with Crippen LogP contribution >= 0.6 is 0 Å². The Hall–Kier alpha value is -3.36. The molecule has 1 aliphatic carbocycles. The van der Waals surface area contributed by atoms with Crippen molar-refractivity contribution in [3.8, 4) is 22.6 Å². The number of amides is 1. The highest BCUT2D eigenvalue weighted by Gasteiger charge is 2.51. The number of rotatable bonds is 8. The number of benzene rings is 3. The van der Waals surface area contributed by atoms with E-state index in [1.54, 1.807) is 14.0 Å². The van der Waals surface area contributed by atoms with Gasteiger partial charge in [0.1, 0.15) is 0 Å². The number of fused-ring (bicyclic) bond motifs is 1. The Kier molecular flexibility index (Phi) is 6.26. The van der Waals surface area contributed by atoms with Crippen LogP contribution in [-0.4, -0.2) is 38.2 Å². The van der Waals surface area contributed by atoms with Crippen molar-refractivity contribution in [2.75, 3.05) is 24.9 Å². The quantitative estimate of drug-likeness (QED) is 0.473. The summed E-state index contributed by atoms with van der Waals surface area (Å²) < 4.78 is 36.4. The molecule has 3 aromatic rings. The Bertz CT molecular complexity index is 1410. The van der Waals surface area contributed by atoms with Gasteiger partial charge in [-0.15, -0.1) is 0 Å². The average molecular weight is 507 g/mol. The van der Waals surface area contributed by atoms with Gasteiger partial charge in [-0.2, -0.15) is 0 Å². The van der Waals surface area contributed by atoms with Crippen molar-refractivity contribution in [3.05, 3.63) is 77.4 Å². The van der Waals surface area contributed by atoms with Crippen molar-refractivity contribution in [2.24, 2.45) is 0 Å². The summed E-state index contributed by atoms with van der Waals surface area (Å²) in [6, 6.07) is 19.5. The first-order chi connectivity index (χ1) is 17.2. The van der Waals surface area contributed by atoms with Gasteiger partial charge < -0.3 is 14.8 Å². The number of hydrogen-bond acceptors (Lipinski definition) is 5. The lowest BCUT2D eigenvalue weighted by Gasteiger charge is -2.18. The highest BCUT2D eigenvalue weighted by Crippen LogP contribution is 2.51. The maximum Gasteiger partial charge on any atom is 0.235 e. The van der Waals surface area contributed by atoms with Gasteiger partial charge in [0.15, 0.2) is 11.5 Å². The third-order valence-electron chi connectivity index (χ3n) is 7.12. The highest BCUT2D eigenvalue weighted by atomic mass is 32.2. The minimum atomic E-state index is -3.23. The summed E-state index contributed by atoms with van der Waals surface area (Å²) >= 11 is 0. The van der Waals surface area contributed by atoms with E-state index in [-0.39, 0.29) is 18.5 Å². The maximum atomic E-state index is 13.3. The number of anilines is 1. The number of aryl methyl sites for hydroxylation is 1. The third kappa shape index (κ3) is 4.58. The van der Waals surface area contributed by atoms with Crippen molar-refractivity contribution in [3.63, 3.8) is 0 Å². The van der Waals surface area contributed by atoms with Crippen LogP contribution in [0, 0.1) is 6.92 Å². The summed E-state index contributed by atoms with van der Waals surface area (Å²) in [5, 5.41) is 3.12. The van der Waals surface area contributed by atoms with E-state index in [1.165, 1.54) is 4.31 Å².